The minimum Gasteiger partial charge on any atom is -0.395 e. The topological polar surface area (TPSA) is 69.6 Å². The average molecular weight is 310 g/mol. The first kappa shape index (κ1) is 18.1. The number of aliphatic hydroxyl groups is 1. The molecule has 1 aromatic rings. The number of rotatable bonds is 8. The lowest BCUT2D eigenvalue weighted by molar-refractivity contribution is -0.114. The number of nitrogens with one attached hydrogen (secondary N) is 1. The zero-order valence-electron chi connectivity index (χ0n) is 13.1. The smallest absolute Gasteiger partial charge is 0.256 e. The molecule has 0 atom stereocenters. The lowest BCUT2D eigenvalue weighted by atomic mass is 10.1. The quantitative estimate of drug-likeness (QED) is 0.724. The molecule has 5 nitrogen and oxygen atoms in total. The molecule has 122 valence electrons. The highest BCUT2D eigenvalue weighted by molar-refractivity contribution is 5.97. The summed E-state index contributed by atoms with van der Waals surface area (Å²) < 4.78 is 13.9. The molecule has 0 fully saturated rings. The predicted molar refractivity (Wildman–Crippen MR) is 83.2 cm³/mol. The molecule has 0 aliphatic heterocycles. The molecule has 0 bridgehead atoms. The molecular weight excluding hydrogens is 287 g/mol. The largest absolute Gasteiger partial charge is 0.395 e. The highest BCUT2D eigenvalue weighted by atomic mass is 19.1. The van der Waals surface area contributed by atoms with E-state index < -0.39 is 11.7 Å². The maximum atomic E-state index is 13.9. The Bertz CT molecular complexity index is 520. The van der Waals surface area contributed by atoms with E-state index in [2.05, 4.69) is 12.2 Å². The second-order valence-electron chi connectivity index (χ2n) is 5.10. The summed E-state index contributed by atoms with van der Waals surface area (Å²) in [5.74, 6) is -1.41. The van der Waals surface area contributed by atoms with Gasteiger partial charge in [0.05, 0.1) is 12.2 Å². The second kappa shape index (κ2) is 9.15. The molecule has 0 radical (unpaired) electrons. The number of nitrogens with zero attached hydrogens (tertiary/aromatic N) is 1. The van der Waals surface area contributed by atoms with E-state index in [0.29, 0.717) is 12.2 Å². The van der Waals surface area contributed by atoms with Crippen molar-refractivity contribution < 1.29 is 19.1 Å². The van der Waals surface area contributed by atoms with E-state index in [-0.39, 0.29) is 24.6 Å². The van der Waals surface area contributed by atoms with Crippen LogP contribution in [0.4, 0.5) is 10.1 Å². The summed E-state index contributed by atoms with van der Waals surface area (Å²) in [4.78, 5) is 24.9. The Morgan fingerprint density at radius 2 is 2.00 bits per heavy atom. The Kier molecular flexibility index (Phi) is 7.52. The molecule has 6 heteroatoms. The van der Waals surface area contributed by atoms with E-state index in [9.17, 15) is 14.0 Å². The first-order chi connectivity index (χ1) is 10.5. The number of unbranched alkanes of at least 4 members (excludes halogenated alkanes) is 2. The van der Waals surface area contributed by atoms with E-state index in [1.54, 1.807) is 0 Å². The Labute approximate surface area is 130 Å². The minimum atomic E-state index is -0.641. The Hall–Kier alpha value is -1.95. The first-order valence-corrected chi connectivity index (χ1v) is 7.46. The van der Waals surface area contributed by atoms with Crippen molar-refractivity contribution >= 4 is 17.5 Å². The fourth-order valence-electron chi connectivity index (χ4n) is 2.13. The Morgan fingerprint density at radius 3 is 2.59 bits per heavy atom. The van der Waals surface area contributed by atoms with Crippen molar-refractivity contribution in [3.8, 4) is 0 Å². The van der Waals surface area contributed by atoms with Gasteiger partial charge in [-0.05, 0) is 24.6 Å². The maximum Gasteiger partial charge on any atom is 0.256 e. The number of anilines is 1. The number of halogens is 1. The van der Waals surface area contributed by atoms with Crippen molar-refractivity contribution in [3.05, 3.63) is 29.6 Å². The summed E-state index contributed by atoms with van der Waals surface area (Å²) in [7, 11) is 0. The fourth-order valence-corrected chi connectivity index (χ4v) is 2.13. The third-order valence-corrected chi connectivity index (χ3v) is 3.21. The van der Waals surface area contributed by atoms with Gasteiger partial charge in [-0.15, -0.1) is 0 Å². The molecule has 2 N–H and O–H groups in total. The van der Waals surface area contributed by atoms with Crippen molar-refractivity contribution in [2.24, 2.45) is 0 Å². The summed E-state index contributed by atoms with van der Waals surface area (Å²) in [5.41, 5.74) is 0.269. The van der Waals surface area contributed by atoms with Gasteiger partial charge in [0.15, 0.2) is 0 Å². The number of hydrogen-bond acceptors (Lipinski definition) is 3. The summed E-state index contributed by atoms with van der Waals surface area (Å²) in [6, 6.07) is 3.88. The van der Waals surface area contributed by atoms with Gasteiger partial charge in [-0.25, -0.2) is 4.39 Å². The second-order valence-corrected chi connectivity index (χ2v) is 5.10. The zero-order chi connectivity index (χ0) is 16.5. The van der Waals surface area contributed by atoms with Crippen LogP contribution in [0.5, 0.6) is 0 Å². The van der Waals surface area contributed by atoms with Gasteiger partial charge in [-0.3, -0.25) is 9.59 Å². The maximum absolute atomic E-state index is 13.9. The van der Waals surface area contributed by atoms with Gasteiger partial charge in [0.25, 0.3) is 5.91 Å². The lowest BCUT2D eigenvalue weighted by Gasteiger charge is -2.22. The van der Waals surface area contributed by atoms with E-state index in [4.69, 9.17) is 5.11 Å². The molecule has 0 aliphatic rings. The van der Waals surface area contributed by atoms with E-state index in [1.165, 1.54) is 24.0 Å². The van der Waals surface area contributed by atoms with Crippen LogP contribution in [0.2, 0.25) is 0 Å². The van der Waals surface area contributed by atoms with Crippen LogP contribution in [-0.2, 0) is 4.79 Å². The van der Waals surface area contributed by atoms with Crippen LogP contribution in [0.15, 0.2) is 18.2 Å². The normalized spacial score (nSPS) is 10.4. The monoisotopic (exact) mass is 310 g/mol. The van der Waals surface area contributed by atoms with Crippen molar-refractivity contribution in [1.82, 2.24) is 4.90 Å². The van der Waals surface area contributed by atoms with Crippen LogP contribution in [-0.4, -0.2) is 41.5 Å². The summed E-state index contributed by atoms with van der Waals surface area (Å²) in [6.07, 6.45) is 2.77. The third-order valence-electron chi connectivity index (χ3n) is 3.21. The molecule has 0 spiro atoms. The molecule has 0 unspecified atom stereocenters. The molecule has 0 heterocycles. The van der Waals surface area contributed by atoms with Crippen LogP contribution in [0.3, 0.4) is 0 Å². The van der Waals surface area contributed by atoms with Crippen LogP contribution in [0.1, 0.15) is 43.5 Å². The SMILES string of the molecule is CCCCCN(CCO)C(=O)c1cc(NC(C)=O)ccc1F. The molecule has 2 amide bonds. The molecule has 1 aromatic carbocycles. The summed E-state index contributed by atoms with van der Waals surface area (Å²) >= 11 is 0. The van der Waals surface area contributed by atoms with Gasteiger partial charge in [0.1, 0.15) is 5.82 Å². The molecule has 0 aromatic heterocycles. The van der Waals surface area contributed by atoms with Crippen molar-refractivity contribution in [3.63, 3.8) is 0 Å². The fraction of sp³-hybridized carbons (Fsp3) is 0.500. The number of carbonyl (C=O) groups is 2. The lowest BCUT2D eigenvalue weighted by Crippen LogP contribution is -2.35. The van der Waals surface area contributed by atoms with Crippen molar-refractivity contribution in [2.75, 3.05) is 25.0 Å². The first-order valence-electron chi connectivity index (χ1n) is 7.46. The molecular formula is C16H23FN2O3. The average Bonchev–Trinajstić information content (AvgIpc) is 2.47. The molecule has 0 aliphatic carbocycles. The minimum absolute atomic E-state index is 0.101. The molecule has 0 saturated heterocycles. The van der Waals surface area contributed by atoms with Crippen LogP contribution in [0, 0.1) is 5.82 Å². The Balaban J connectivity index is 2.93. The van der Waals surface area contributed by atoms with Gasteiger partial charge >= 0.3 is 0 Å². The number of carbonyl (C=O) groups excluding carboxylic acids is 2. The third kappa shape index (κ3) is 5.44. The Morgan fingerprint density at radius 1 is 1.27 bits per heavy atom. The number of hydrogen-bond donors (Lipinski definition) is 2. The molecule has 22 heavy (non-hydrogen) atoms. The van der Waals surface area contributed by atoms with Gasteiger partial charge in [-0.1, -0.05) is 19.8 Å². The number of benzene rings is 1. The van der Waals surface area contributed by atoms with Crippen LogP contribution in [0.25, 0.3) is 0 Å². The van der Waals surface area contributed by atoms with Gasteiger partial charge in [-0.2, -0.15) is 0 Å². The predicted octanol–water partition coefficient (Wildman–Crippen LogP) is 2.41. The zero-order valence-corrected chi connectivity index (χ0v) is 13.1. The highest BCUT2D eigenvalue weighted by Crippen LogP contribution is 2.17. The number of amides is 2. The van der Waals surface area contributed by atoms with E-state index in [0.717, 1.165) is 25.3 Å². The van der Waals surface area contributed by atoms with Gasteiger partial charge in [0.2, 0.25) is 5.91 Å². The summed E-state index contributed by atoms with van der Waals surface area (Å²) in [5, 5.41) is 11.6. The standard InChI is InChI=1S/C16H23FN2O3/c1-3-4-5-8-19(9-10-20)16(22)14-11-13(18-12(2)21)6-7-15(14)17/h6-7,11,20H,3-5,8-10H2,1-2H3,(H,18,21). The van der Waals surface area contributed by atoms with Crippen LogP contribution >= 0.6 is 0 Å². The van der Waals surface area contributed by atoms with Crippen molar-refractivity contribution in [1.29, 1.82) is 0 Å². The molecule has 0 saturated carbocycles. The van der Waals surface area contributed by atoms with Gasteiger partial charge < -0.3 is 15.3 Å². The summed E-state index contributed by atoms with van der Waals surface area (Å²) in [6.45, 7) is 3.84. The van der Waals surface area contributed by atoms with Crippen molar-refractivity contribution in [2.45, 2.75) is 33.1 Å². The van der Waals surface area contributed by atoms with Gasteiger partial charge in [0, 0.05) is 25.7 Å². The van der Waals surface area contributed by atoms with E-state index in [1.807, 2.05) is 0 Å². The number of aliphatic hydroxyl groups excluding tert-OH is 1. The van der Waals surface area contributed by atoms with E-state index >= 15 is 0 Å². The van der Waals surface area contributed by atoms with Crippen LogP contribution < -0.4 is 5.32 Å². The molecule has 1 rings (SSSR count). The highest BCUT2D eigenvalue weighted by Gasteiger charge is 2.19.